The second-order valence-corrected chi connectivity index (χ2v) is 14.3. The van der Waals surface area contributed by atoms with Crippen molar-refractivity contribution >= 4 is 26.8 Å². The molecular weight excluding hydrogens is 478 g/mol. The van der Waals surface area contributed by atoms with Crippen LogP contribution in [0.1, 0.15) is 40.7 Å². The number of rotatable bonds is 13. The number of hydrogen-bond donors (Lipinski definition) is 2. The molecule has 0 aliphatic carbocycles. The monoisotopic (exact) mass is 510 g/mol. The summed E-state index contributed by atoms with van der Waals surface area (Å²) >= 11 is -1.95. The van der Waals surface area contributed by atoms with Crippen LogP contribution in [-0.4, -0.2) is 49.4 Å². The fourth-order valence-corrected chi connectivity index (χ4v) is 8.84. The molecule has 0 bridgehead atoms. The molecule has 2 rings (SSSR count). The molecule has 0 saturated heterocycles. The van der Waals surface area contributed by atoms with E-state index in [9.17, 15) is 9.36 Å². The van der Waals surface area contributed by atoms with Crippen LogP contribution in [-0.2, 0) is 11.0 Å². The van der Waals surface area contributed by atoms with Crippen molar-refractivity contribution in [1.82, 2.24) is 0 Å². The zero-order valence-corrected chi connectivity index (χ0v) is 21.2. The van der Waals surface area contributed by atoms with Crippen LogP contribution < -0.4 is 9.47 Å². The van der Waals surface area contributed by atoms with E-state index in [1.54, 1.807) is 26.4 Å². The Morgan fingerprint density at radius 1 is 0.968 bits per heavy atom. The first-order chi connectivity index (χ1) is 14.7. The average Bonchev–Trinajstić information content (AvgIpc) is 2.75. The molecule has 0 saturated carbocycles. The molecule has 2 aromatic rings. The first-order valence-corrected chi connectivity index (χ1v) is 15.7. The Labute approximate surface area is 189 Å². The van der Waals surface area contributed by atoms with Crippen LogP contribution in [0.4, 0.5) is 0 Å². The van der Waals surface area contributed by atoms with Gasteiger partial charge in [0.05, 0.1) is 0 Å². The van der Waals surface area contributed by atoms with Crippen molar-refractivity contribution in [1.29, 1.82) is 0 Å². The van der Waals surface area contributed by atoms with Gasteiger partial charge in [0.1, 0.15) is 0 Å². The van der Waals surface area contributed by atoms with Gasteiger partial charge in [-0.3, -0.25) is 0 Å². The van der Waals surface area contributed by atoms with Crippen LogP contribution >= 0.6 is 7.60 Å². The molecule has 6 nitrogen and oxygen atoms in total. The molecule has 0 amide bonds. The van der Waals surface area contributed by atoms with Gasteiger partial charge in [0.15, 0.2) is 0 Å². The standard InChI is InChI=1S/C23H32AsO6P/c1-18-21(29-2)16-20(17-22(18)30-3)23(25)24(13-7-8-15-31(26,27)28)14-9-12-19-10-5-4-6-11-19/h4-6,10-11,16-17H,7-9,12-15H2,1-3H3,(H2,26,27,28). The number of carbonyl (C=O) groups excluding carboxylic acids is 1. The molecule has 31 heavy (non-hydrogen) atoms. The predicted octanol–water partition coefficient (Wildman–Crippen LogP) is 4.82. The molecule has 0 radical (unpaired) electrons. The van der Waals surface area contributed by atoms with Crippen molar-refractivity contribution < 1.29 is 28.6 Å². The molecule has 2 N–H and O–H groups in total. The van der Waals surface area contributed by atoms with E-state index in [1.807, 2.05) is 25.1 Å². The second kappa shape index (κ2) is 12.5. The van der Waals surface area contributed by atoms with Gasteiger partial charge in [0.2, 0.25) is 0 Å². The number of aryl methyl sites for hydroxylation is 1. The first kappa shape index (κ1) is 25.7. The summed E-state index contributed by atoms with van der Waals surface area (Å²) in [5.74, 6) is 1.25. The van der Waals surface area contributed by atoms with Crippen LogP contribution in [0.5, 0.6) is 11.5 Å². The van der Waals surface area contributed by atoms with Crippen molar-refractivity contribution in [3.05, 3.63) is 59.2 Å². The predicted molar refractivity (Wildman–Crippen MR) is 125 cm³/mol. The van der Waals surface area contributed by atoms with Gasteiger partial charge in [0.25, 0.3) is 0 Å². The molecule has 170 valence electrons. The van der Waals surface area contributed by atoms with Gasteiger partial charge < -0.3 is 0 Å². The van der Waals surface area contributed by atoms with Crippen molar-refractivity contribution in [3.63, 3.8) is 0 Å². The van der Waals surface area contributed by atoms with Gasteiger partial charge in [-0.2, -0.15) is 0 Å². The summed E-state index contributed by atoms with van der Waals surface area (Å²) in [6, 6.07) is 13.8. The molecule has 8 heteroatoms. The third-order valence-corrected chi connectivity index (χ3v) is 11.4. The number of ether oxygens (including phenoxy) is 2. The van der Waals surface area contributed by atoms with Gasteiger partial charge in [-0.1, -0.05) is 0 Å². The summed E-state index contributed by atoms with van der Waals surface area (Å²) in [5, 5.41) is 1.59. The fraction of sp³-hybridized carbons (Fsp3) is 0.435. The van der Waals surface area contributed by atoms with Crippen molar-refractivity contribution in [2.75, 3.05) is 20.4 Å². The molecule has 0 fully saturated rings. The van der Waals surface area contributed by atoms with E-state index in [4.69, 9.17) is 19.3 Å². The number of methoxy groups -OCH3 is 2. The summed E-state index contributed by atoms with van der Waals surface area (Å²) in [6.45, 7) is 1.89. The van der Waals surface area contributed by atoms with Crippen molar-refractivity contribution in [2.45, 2.75) is 43.0 Å². The van der Waals surface area contributed by atoms with Crippen LogP contribution in [0.3, 0.4) is 0 Å². The quantitative estimate of drug-likeness (QED) is 0.228. The molecule has 0 aromatic heterocycles. The van der Waals surface area contributed by atoms with Gasteiger partial charge in [-0.25, -0.2) is 0 Å². The SMILES string of the molecule is COc1cc(C(=O)[As](CCCCP(=O)(O)O)CCCc2ccccc2)cc(OC)c1C. The van der Waals surface area contributed by atoms with E-state index >= 15 is 0 Å². The fourth-order valence-electron chi connectivity index (χ4n) is 3.45. The Morgan fingerprint density at radius 2 is 1.55 bits per heavy atom. The second-order valence-electron chi connectivity index (χ2n) is 7.48. The summed E-state index contributed by atoms with van der Waals surface area (Å²) in [5.41, 5.74) is 2.71. The molecular formula is C23H32AsO6P. The number of hydrogen-bond acceptors (Lipinski definition) is 4. The maximum absolute atomic E-state index is 13.4. The van der Waals surface area contributed by atoms with Gasteiger partial charge in [-0.15, -0.1) is 0 Å². The summed E-state index contributed by atoms with van der Waals surface area (Å²) in [6.07, 6.45) is 2.81. The number of carbonyl (C=O) groups is 1. The van der Waals surface area contributed by atoms with Crippen LogP contribution in [0.25, 0.3) is 0 Å². The molecule has 1 unspecified atom stereocenters. The molecule has 2 aromatic carbocycles. The number of benzene rings is 2. The van der Waals surface area contributed by atoms with E-state index in [1.165, 1.54) is 5.56 Å². The molecule has 0 spiro atoms. The minimum absolute atomic E-state index is 0.125. The summed E-state index contributed by atoms with van der Waals surface area (Å²) in [4.78, 5) is 31.6. The molecule has 0 aliphatic rings. The summed E-state index contributed by atoms with van der Waals surface area (Å²) in [7, 11) is -0.844. The zero-order chi connectivity index (χ0) is 22.9. The Balaban J connectivity index is 2.13. The third kappa shape index (κ3) is 8.46. The maximum atomic E-state index is 13.4. The zero-order valence-electron chi connectivity index (χ0n) is 18.4. The Kier molecular flexibility index (Phi) is 10.3. The van der Waals surface area contributed by atoms with E-state index in [2.05, 4.69) is 12.1 Å². The van der Waals surface area contributed by atoms with Crippen LogP contribution in [0.2, 0.25) is 10.4 Å². The van der Waals surface area contributed by atoms with Crippen molar-refractivity contribution in [2.24, 2.45) is 0 Å². The van der Waals surface area contributed by atoms with E-state index in [-0.39, 0.29) is 10.7 Å². The third-order valence-electron chi connectivity index (χ3n) is 5.15. The number of unbranched alkanes of at least 4 members (excludes halogenated alkanes) is 1. The Hall–Kier alpha value is -1.58. The van der Waals surface area contributed by atoms with E-state index in [0.29, 0.717) is 29.9 Å². The summed E-state index contributed by atoms with van der Waals surface area (Å²) < 4.78 is 22.2. The molecule has 0 heterocycles. The Morgan fingerprint density at radius 3 is 2.10 bits per heavy atom. The van der Waals surface area contributed by atoms with Gasteiger partial charge >= 0.3 is 189 Å². The van der Waals surface area contributed by atoms with Crippen LogP contribution in [0.15, 0.2) is 42.5 Å². The minimum atomic E-state index is -4.00. The normalized spacial score (nSPS) is 12.4. The molecule has 0 aliphatic heterocycles. The van der Waals surface area contributed by atoms with Crippen LogP contribution in [0, 0.1) is 6.92 Å². The molecule has 1 atom stereocenters. The topological polar surface area (TPSA) is 93.1 Å². The van der Waals surface area contributed by atoms with Crippen molar-refractivity contribution in [3.8, 4) is 11.5 Å². The van der Waals surface area contributed by atoms with E-state index in [0.717, 1.165) is 28.8 Å². The van der Waals surface area contributed by atoms with E-state index < -0.39 is 22.2 Å². The average molecular weight is 510 g/mol. The first-order valence-electron chi connectivity index (χ1n) is 10.4. The Bertz CT molecular complexity index is 871. The van der Waals surface area contributed by atoms with Gasteiger partial charge in [0, 0.05) is 0 Å². The van der Waals surface area contributed by atoms with Gasteiger partial charge in [-0.05, 0) is 0 Å².